The first-order valence-corrected chi connectivity index (χ1v) is 5.19. The third-order valence-corrected chi connectivity index (χ3v) is 2.34. The summed E-state index contributed by atoms with van der Waals surface area (Å²) < 4.78 is 1.67. The molecule has 0 aliphatic rings. The molecule has 1 heterocycles. The number of para-hydroxylation sites is 1. The molecule has 4 nitrogen and oxygen atoms in total. The fraction of sp³-hybridized carbons (Fsp3) is 0.0769. The summed E-state index contributed by atoms with van der Waals surface area (Å²) in [7, 11) is 1.76. The molecular formula is C13H12N2O2. The molecular weight excluding hydrogens is 216 g/mol. The average Bonchev–Trinajstić information content (AvgIpc) is 2.33. The van der Waals surface area contributed by atoms with Crippen LogP contribution in [0.15, 0.2) is 53.6 Å². The molecule has 17 heavy (non-hydrogen) atoms. The van der Waals surface area contributed by atoms with E-state index in [1.807, 2.05) is 18.2 Å². The number of nitrogens with zero attached hydrogens (tertiary/aromatic N) is 1. The Kier molecular flexibility index (Phi) is 3.05. The standard InChI is InChI=1S/C13H12N2O2/c1-15-8-7-12(16)11(9-15)13(17)14-10-5-3-2-4-6-10/h2-9H,1H3,(H,14,17). The summed E-state index contributed by atoms with van der Waals surface area (Å²) in [6.45, 7) is 0. The minimum atomic E-state index is -0.391. The number of carbonyl (C=O) groups is 1. The largest absolute Gasteiger partial charge is 0.356 e. The van der Waals surface area contributed by atoms with Gasteiger partial charge in [-0.05, 0) is 12.1 Å². The van der Waals surface area contributed by atoms with Crippen LogP contribution < -0.4 is 10.7 Å². The Hall–Kier alpha value is -2.36. The molecule has 0 bridgehead atoms. The fourth-order valence-corrected chi connectivity index (χ4v) is 1.48. The van der Waals surface area contributed by atoms with Crippen molar-refractivity contribution in [2.75, 3.05) is 5.32 Å². The lowest BCUT2D eigenvalue weighted by atomic mass is 10.2. The predicted octanol–water partition coefficient (Wildman–Crippen LogP) is 1.64. The third-order valence-electron chi connectivity index (χ3n) is 2.34. The van der Waals surface area contributed by atoms with Gasteiger partial charge >= 0.3 is 0 Å². The van der Waals surface area contributed by atoms with Crippen LogP contribution in [0.25, 0.3) is 0 Å². The van der Waals surface area contributed by atoms with Crippen molar-refractivity contribution in [3.05, 3.63) is 64.6 Å². The highest BCUT2D eigenvalue weighted by atomic mass is 16.2. The van der Waals surface area contributed by atoms with Crippen LogP contribution >= 0.6 is 0 Å². The topological polar surface area (TPSA) is 51.1 Å². The number of nitrogens with one attached hydrogen (secondary N) is 1. The molecule has 0 saturated heterocycles. The number of pyridine rings is 1. The first-order valence-electron chi connectivity index (χ1n) is 5.19. The van der Waals surface area contributed by atoms with Crippen molar-refractivity contribution in [3.8, 4) is 0 Å². The van der Waals surface area contributed by atoms with E-state index in [9.17, 15) is 9.59 Å². The van der Waals surface area contributed by atoms with Crippen molar-refractivity contribution in [2.45, 2.75) is 0 Å². The van der Waals surface area contributed by atoms with Gasteiger partial charge in [-0.2, -0.15) is 0 Å². The predicted molar refractivity (Wildman–Crippen MR) is 66.1 cm³/mol. The highest BCUT2D eigenvalue weighted by Gasteiger charge is 2.09. The molecule has 0 saturated carbocycles. The van der Waals surface area contributed by atoms with Gasteiger partial charge in [0.1, 0.15) is 5.56 Å². The second kappa shape index (κ2) is 4.65. The molecule has 1 amide bonds. The van der Waals surface area contributed by atoms with Crippen LogP contribution in [0.2, 0.25) is 0 Å². The third kappa shape index (κ3) is 2.60. The quantitative estimate of drug-likeness (QED) is 0.849. The van der Waals surface area contributed by atoms with E-state index in [0.717, 1.165) is 0 Å². The van der Waals surface area contributed by atoms with Crippen LogP contribution in [0.4, 0.5) is 5.69 Å². The molecule has 86 valence electrons. The second-order valence-corrected chi connectivity index (χ2v) is 3.71. The van der Waals surface area contributed by atoms with Gasteiger partial charge in [0.25, 0.3) is 5.91 Å². The van der Waals surface area contributed by atoms with Crippen LogP contribution in [0, 0.1) is 0 Å². The number of aromatic nitrogens is 1. The molecule has 1 N–H and O–H groups in total. The number of rotatable bonds is 2. The van der Waals surface area contributed by atoms with E-state index in [1.165, 1.54) is 12.3 Å². The summed E-state index contributed by atoms with van der Waals surface area (Å²) in [5.74, 6) is -0.391. The highest BCUT2D eigenvalue weighted by Crippen LogP contribution is 2.06. The fourth-order valence-electron chi connectivity index (χ4n) is 1.48. The number of benzene rings is 1. The second-order valence-electron chi connectivity index (χ2n) is 3.71. The zero-order valence-corrected chi connectivity index (χ0v) is 9.38. The average molecular weight is 228 g/mol. The van der Waals surface area contributed by atoms with E-state index in [-0.39, 0.29) is 11.0 Å². The number of hydrogen-bond acceptors (Lipinski definition) is 2. The van der Waals surface area contributed by atoms with Gasteiger partial charge in [-0.3, -0.25) is 9.59 Å². The number of hydrogen-bond donors (Lipinski definition) is 1. The van der Waals surface area contributed by atoms with Gasteiger partial charge in [0.2, 0.25) is 0 Å². The van der Waals surface area contributed by atoms with Crippen LogP contribution in [0.5, 0.6) is 0 Å². The van der Waals surface area contributed by atoms with Crippen LogP contribution in [0.3, 0.4) is 0 Å². The lowest BCUT2D eigenvalue weighted by Gasteiger charge is -2.05. The van der Waals surface area contributed by atoms with Gasteiger partial charge in [0, 0.05) is 31.2 Å². The molecule has 1 aromatic heterocycles. The maximum absolute atomic E-state index is 11.9. The Morgan fingerprint density at radius 2 is 1.88 bits per heavy atom. The number of anilines is 1. The zero-order chi connectivity index (χ0) is 12.3. The van der Waals surface area contributed by atoms with E-state index in [2.05, 4.69) is 5.32 Å². The van der Waals surface area contributed by atoms with E-state index >= 15 is 0 Å². The lowest BCUT2D eigenvalue weighted by molar-refractivity contribution is 0.102. The van der Waals surface area contributed by atoms with Gasteiger partial charge in [-0.15, -0.1) is 0 Å². The Labute approximate surface area is 98.5 Å². The van der Waals surface area contributed by atoms with Crippen molar-refractivity contribution in [2.24, 2.45) is 7.05 Å². The molecule has 0 radical (unpaired) electrons. The summed E-state index contributed by atoms with van der Waals surface area (Å²) in [6, 6.07) is 10.4. The Bertz CT molecular complexity index is 588. The maximum Gasteiger partial charge on any atom is 0.261 e. The molecule has 2 aromatic rings. The monoisotopic (exact) mass is 228 g/mol. The molecule has 0 aliphatic carbocycles. The maximum atomic E-state index is 11.9. The van der Waals surface area contributed by atoms with Crippen LogP contribution in [-0.2, 0) is 7.05 Å². The highest BCUT2D eigenvalue weighted by molar-refractivity contribution is 6.03. The van der Waals surface area contributed by atoms with E-state index in [1.54, 1.807) is 29.9 Å². The minimum absolute atomic E-state index is 0.138. The van der Waals surface area contributed by atoms with E-state index in [4.69, 9.17) is 0 Å². The Morgan fingerprint density at radius 3 is 2.59 bits per heavy atom. The van der Waals surface area contributed by atoms with Crippen molar-refractivity contribution < 1.29 is 4.79 Å². The van der Waals surface area contributed by atoms with Crippen molar-refractivity contribution in [1.29, 1.82) is 0 Å². The van der Waals surface area contributed by atoms with Crippen molar-refractivity contribution >= 4 is 11.6 Å². The molecule has 4 heteroatoms. The minimum Gasteiger partial charge on any atom is -0.356 e. The molecule has 0 atom stereocenters. The summed E-state index contributed by atoms with van der Waals surface area (Å²) in [5, 5.41) is 2.67. The lowest BCUT2D eigenvalue weighted by Crippen LogP contribution is -2.22. The Morgan fingerprint density at radius 1 is 1.18 bits per heavy atom. The van der Waals surface area contributed by atoms with Crippen molar-refractivity contribution in [1.82, 2.24) is 4.57 Å². The van der Waals surface area contributed by atoms with E-state index in [0.29, 0.717) is 5.69 Å². The first-order chi connectivity index (χ1) is 8.16. The molecule has 1 aromatic carbocycles. The first kappa shape index (κ1) is 11.1. The number of aryl methyl sites for hydroxylation is 1. The smallest absolute Gasteiger partial charge is 0.261 e. The summed E-state index contributed by atoms with van der Waals surface area (Å²) >= 11 is 0. The van der Waals surface area contributed by atoms with Crippen LogP contribution in [-0.4, -0.2) is 10.5 Å². The summed E-state index contributed by atoms with van der Waals surface area (Å²) in [6.07, 6.45) is 3.13. The van der Waals surface area contributed by atoms with Gasteiger partial charge in [-0.25, -0.2) is 0 Å². The summed E-state index contributed by atoms with van der Waals surface area (Å²) in [5.41, 5.74) is 0.527. The number of amides is 1. The normalized spacial score (nSPS) is 9.94. The Balaban J connectivity index is 2.26. The van der Waals surface area contributed by atoms with Gasteiger partial charge in [-0.1, -0.05) is 18.2 Å². The summed E-state index contributed by atoms with van der Waals surface area (Å²) in [4.78, 5) is 23.4. The molecule has 0 aliphatic heterocycles. The van der Waals surface area contributed by atoms with Gasteiger partial charge in [0.15, 0.2) is 5.43 Å². The molecule has 2 rings (SSSR count). The van der Waals surface area contributed by atoms with Crippen LogP contribution in [0.1, 0.15) is 10.4 Å². The zero-order valence-electron chi connectivity index (χ0n) is 9.38. The molecule has 0 unspecified atom stereocenters. The van der Waals surface area contributed by atoms with E-state index < -0.39 is 5.91 Å². The van der Waals surface area contributed by atoms with Gasteiger partial charge in [0.05, 0.1) is 0 Å². The van der Waals surface area contributed by atoms with Crippen molar-refractivity contribution in [3.63, 3.8) is 0 Å². The molecule has 0 spiro atoms. The molecule has 0 fully saturated rings. The SMILES string of the molecule is Cn1ccc(=O)c(C(=O)Nc2ccccc2)c1. The van der Waals surface area contributed by atoms with Gasteiger partial charge < -0.3 is 9.88 Å². The number of carbonyl (C=O) groups excluding carboxylic acids is 1.